The number of carbonyl (C=O) groups excluding carboxylic acids is 2. The highest BCUT2D eigenvalue weighted by Gasteiger charge is 2.28. The van der Waals surface area contributed by atoms with Gasteiger partial charge in [-0.25, -0.2) is 4.79 Å². The fraction of sp³-hybridized carbons (Fsp3) is 0.0800. The Morgan fingerprint density at radius 3 is 2.19 bits per heavy atom. The third-order valence-electron chi connectivity index (χ3n) is 5.06. The molecule has 154 valence electrons. The van der Waals surface area contributed by atoms with E-state index in [2.05, 4.69) is 0 Å². The van der Waals surface area contributed by atoms with Gasteiger partial charge in [0.2, 0.25) is 0 Å². The lowest BCUT2D eigenvalue weighted by Gasteiger charge is -2.17. The molecule has 0 aliphatic carbocycles. The fourth-order valence-corrected chi connectivity index (χ4v) is 3.79. The zero-order valence-electron chi connectivity index (χ0n) is 16.7. The van der Waals surface area contributed by atoms with E-state index in [1.807, 2.05) is 30.3 Å². The quantitative estimate of drug-likeness (QED) is 0.339. The molecule has 0 aliphatic rings. The van der Waals surface area contributed by atoms with Crippen molar-refractivity contribution in [2.24, 2.45) is 0 Å². The molecular weight excluding hydrogens is 414 g/mol. The Labute approximate surface area is 183 Å². The van der Waals surface area contributed by atoms with Crippen LogP contribution in [-0.4, -0.2) is 23.4 Å². The molecule has 0 aliphatic heterocycles. The SMILES string of the molecule is COC(=O)c1c(C(=O)c2ccccc2)c2cc(Cl)ccc2n(Cc2ccccc2)c1=O. The lowest BCUT2D eigenvalue weighted by Crippen LogP contribution is -2.31. The third-order valence-corrected chi connectivity index (χ3v) is 5.30. The van der Waals surface area contributed by atoms with Crippen LogP contribution in [0.5, 0.6) is 0 Å². The van der Waals surface area contributed by atoms with Crippen molar-refractivity contribution in [1.82, 2.24) is 4.57 Å². The second-order valence-corrected chi connectivity index (χ2v) is 7.41. The molecule has 0 unspecified atom stereocenters. The molecule has 5 nitrogen and oxygen atoms in total. The number of carbonyl (C=O) groups is 2. The summed E-state index contributed by atoms with van der Waals surface area (Å²) in [6.07, 6.45) is 0. The maximum atomic E-state index is 13.5. The summed E-state index contributed by atoms with van der Waals surface area (Å²) in [4.78, 5) is 39.6. The molecule has 0 saturated carbocycles. The van der Waals surface area contributed by atoms with Crippen LogP contribution in [-0.2, 0) is 11.3 Å². The van der Waals surface area contributed by atoms with Gasteiger partial charge in [-0.3, -0.25) is 9.59 Å². The van der Waals surface area contributed by atoms with Crippen molar-refractivity contribution in [1.29, 1.82) is 0 Å². The van der Waals surface area contributed by atoms with E-state index in [4.69, 9.17) is 16.3 Å². The Balaban J connectivity index is 2.08. The first kappa shape index (κ1) is 20.6. The van der Waals surface area contributed by atoms with Gasteiger partial charge in [0, 0.05) is 16.0 Å². The highest BCUT2D eigenvalue weighted by molar-refractivity contribution is 6.32. The molecule has 0 bridgehead atoms. The number of halogens is 1. The van der Waals surface area contributed by atoms with E-state index < -0.39 is 17.3 Å². The minimum Gasteiger partial charge on any atom is -0.465 e. The maximum Gasteiger partial charge on any atom is 0.344 e. The Hall–Kier alpha value is -3.70. The van der Waals surface area contributed by atoms with Gasteiger partial charge in [-0.2, -0.15) is 0 Å². The van der Waals surface area contributed by atoms with Gasteiger partial charge in [0.25, 0.3) is 5.56 Å². The standard InChI is InChI=1S/C25H18ClNO4/c1-31-25(30)22-21(23(28)17-10-6-3-7-11-17)19-14-18(26)12-13-20(19)27(24(22)29)15-16-8-4-2-5-9-16/h2-14H,15H2,1H3. The molecule has 1 aromatic heterocycles. The molecule has 0 N–H and O–H groups in total. The molecule has 0 radical (unpaired) electrons. The summed E-state index contributed by atoms with van der Waals surface area (Å²) in [6, 6.07) is 22.8. The number of hydrogen-bond donors (Lipinski definition) is 0. The summed E-state index contributed by atoms with van der Waals surface area (Å²) in [6.45, 7) is 0.224. The largest absolute Gasteiger partial charge is 0.465 e. The van der Waals surface area contributed by atoms with Crippen molar-refractivity contribution >= 4 is 34.3 Å². The lowest BCUT2D eigenvalue weighted by molar-refractivity contribution is 0.0595. The van der Waals surface area contributed by atoms with E-state index in [1.165, 1.54) is 11.7 Å². The van der Waals surface area contributed by atoms with E-state index in [0.29, 0.717) is 21.5 Å². The van der Waals surface area contributed by atoms with Crippen molar-refractivity contribution < 1.29 is 14.3 Å². The lowest BCUT2D eigenvalue weighted by atomic mass is 9.94. The van der Waals surface area contributed by atoms with Crippen LogP contribution in [0.3, 0.4) is 0 Å². The minimum absolute atomic E-state index is 0.00939. The first-order valence-corrected chi connectivity index (χ1v) is 9.97. The second-order valence-electron chi connectivity index (χ2n) is 6.98. The number of esters is 1. The summed E-state index contributed by atoms with van der Waals surface area (Å²) in [5, 5.41) is 0.799. The zero-order valence-corrected chi connectivity index (χ0v) is 17.4. The van der Waals surface area contributed by atoms with Crippen molar-refractivity contribution in [3.63, 3.8) is 0 Å². The Morgan fingerprint density at radius 2 is 1.55 bits per heavy atom. The second kappa shape index (κ2) is 8.58. The van der Waals surface area contributed by atoms with Gasteiger partial charge in [-0.15, -0.1) is 0 Å². The number of methoxy groups -OCH3 is 1. The number of fused-ring (bicyclic) bond motifs is 1. The summed E-state index contributed by atoms with van der Waals surface area (Å²) in [7, 11) is 1.18. The molecule has 31 heavy (non-hydrogen) atoms. The zero-order chi connectivity index (χ0) is 22.0. The predicted octanol–water partition coefficient (Wildman–Crippen LogP) is 4.72. The summed E-state index contributed by atoms with van der Waals surface area (Å²) in [5.74, 6) is -1.31. The van der Waals surface area contributed by atoms with Crippen molar-refractivity contribution in [2.75, 3.05) is 7.11 Å². The predicted molar refractivity (Wildman–Crippen MR) is 120 cm³/mol. The van der Waals surface area contributed by atoms with Crippen LogP contribution in [0.25, 0.3) is 10.9 Å². The van der Waals surface area contributed by atoms with Crippen LogP contribution >= 0.6 is 11.6 Å². The highest BCUT2D eigenvalue weighted by atomic mass is 35.5. The first-order valence-electron chi connectivity index (χ1n) is 9.59. The minimum atomic E-state index is -0.868. The van der Waals surface area contributed by atoms with Gasteiger partial charge < -0.3 is 9.30 Å². The first-order chi connectivity index (χ1) is 15.0. The summed E-state index contributed by atoms with van der Waals surface area (Å²) in [5.41, 5.74) is 0.829. The van der Waals surface area contributed by atoms with Gasteiger partial charge in [-0.1, -0.05) is 72.3 Å². The van der Waals surface area contributed by atoms with Gasteiger partial charge in [0.1, 0.15) is 5.56 Å². The van der Waals surface area contributed by atoms with Crippen LogP contribution in [0.2, 0.25) is 5.02 Å². The van der Waals surface area contributed by atoms with E-state index in [9.17, 15) is 14.4 Å². The average molecular weight is 432 g/mol. The molecule has 0 fully saturated rings. The van der Waals surface area contributed by atoms with Gasteiger partial charge in [-0.05, 0) is 23.8 Å². The van der Waals surface area contributed by atoms with Crippen LogP contribution in [0.15, 0.2) is 83.7 Å². The molecule has 6 heteroatoms. The van der Waals surface area contributed by atoms with E-state index in [1.54, 1.807) is 48.5 Å². The molecule has 3 aromatic carbocycles. The topological polar surface area (TPSA) is 65.4 Å². The average Bonchev–Trinajstić information content (AvgIpc) is 2.80. The highest BCUT2D eigenvalue weighted by Crippen LogP contribution is 2.27. The maximum absolute atomic E-state index is 13.5. The molecule has 0 amide bonds. The Bertz CT molecular complexity index is 1350. The number of rotatable bonds is 5. The molecule has 4 rings (SSSR count). The number of nitrogens with zero attached hydrogens (tertiary/aromatic N) is 1. The van der Waals surface area contributed by atoms with Crippen molar-refractivity contribution in [3.05, 3.63) is 116 Å². The fourth-order valence-electron chi connectivity index (χ4n) is 3.61. The normalized spacial score (nSPS) is 10.8. The molecule has 4 aromatic rings. The van der Waals surface area contributed by atoms with Crippen LogP contribution in [0.1, 0.15) is 31.8 Å². The molecular formula is C25H18ClNO4. The van der Waals surface area contributed by atoms with Crippen LogP contribution in [0.4, 0.5) is 0 Å². The molecule has 0 spiro atoms. The number of pyridine rings is 1. The summed E-state index contributed by atoms with van der Waals surface area (Å²) >= 11 is 6.24. The summed E-state index contributed by atoms with van der Waals surface area (Å²) < 4.78 is 6.36. The third kappa shape index (κ3) is 3.88. The molecule has 1 heterocycles. The monoisotopic (exact) mass is 431 g/mol. The Kier molecular flexibility index (Phi) is 5.69. The van der Waals surface area contributed by atoms with Crippen molar-refractivity contribution in [2.45, 2.75) is 6.54 Å². The van der Waals surface area contributed by atoms with Crippen molar-refractivity contribution in [3.8, 4) is 0 Å². The number of hydrogen-bond acceptors (Lipinski definition) is 4. The number of ether oxygens (including phenoxy) is 1. The van der Waals surface area contributed by atoms with E-state index >= 15 is 0 Å². The van der Waals surface area contributed by atoms with E-state index in [0.717, 1.165) is 5.56 Å². The number of ketones is 1. The van der Waals surface area contributed by atoms with Gasteiger partial charge in [0.15, 0.2) is 5.78 Å². The smallest absolute Gasteiger partial charge is 0.344 e. The van der Waals surface area contributed by atoms with Crippen LogP contribution < -0.4 is 5.56 Å². The van der Waals surface area contributed by atoms with Gasteiger partial charge >= 0.3 is 5.97 Å². The van der Waals surface area contributed by atoms with Gasteiger partial charge in [0.05, 0.1) is 24.7 Å². The Morgan fingerprint density at radius 1 is 0.903 bits per heavy atom. The number of benzene rings is 3. The number of aromatic nitrogens is 1. The van der Waals surface area contributed by atoms with Crippen LogP contribution in [0, 0.1) is 0 Å². The molecule has 0 atom stereocenters. The molecule has 0 saturated heterocycles. The van der Waals surface area contributed by atoms with E-state index in [-0.39, 0.29) is 17.7 Å².